The van der Waals surface area contributed by atoms with E-state index in [0.717, 1.165) is 19.0 Å². The van der Waals surface area contributed by atoms with Crippen molar-refractivity contribution in [1.82, 2.24) is 4.90 Å². The maximum absolute atomic E-state index is 6.45. The van der Waals surface area contributed by atoms with Gasteiger partial charge in [0.05, 0.1) is 0 Å². The molecule has 1 aromatic carbocycles. The molecule has 0 radical (unpaired) electrons. The van der Waals surface area contributed by atoms with Crippen molar-refractivity contribution in [3.8, 4) is 0 Å². The Morgan fingerprint density at radius 1 is 1.00 bits per heavy atom. The van der Waals surface area contributed by atoms with E-state index < -0.39 is 0 Å². The molecule has 0 aliphatic heterocycles. The van der Waals surface area contributed by atoms with E-state index in [1.54, 1.807) is 0 Å². The molecule has 1 aliphatic rings. The topological polar surface area (TPSA) is 29.3 Å². The normalized spacial score (nSPS) is 17.0. The number of hydrogen-bond donors (Lipinski definition) is 1. The highest BCUT2D eigenvalue weighted by Gasteiger charge is 2.30. The van der Waals surface area contributed by atoms with Gasteiger partial charge < -0.3 is 5.73 Å². The van der Waals surface area contributed by atoms with Gasteiger partial charge in [-0.25, -0.2) is 0 Å². The zero-order chi connectivity index (χ0) is 15.4. The minimum atomic E-state index is 0.137. The number of hydrogen-bond acceptors (Lipinski definition) is 2. The van der Waals surface area contributed by atoms with Crippen LogP contribution in [0.3, 0.4) is 0 Å². The van der Waals surface area contributed by atoms with Crippen molar-refractivity contribution in [1.29, 1.82) is 0 Å². The SMILES string of the molecule is CC(C)Cc1ccc(C(N)CN(CC(C)C)C2CC2)cc1. The summed E-state index contributed by atoms with van der Waals surface area (Å²) in [5, 5.41) is 0. The van der Waals surface area contributed by atoms with Crippen LogP contribution in [-0.4, -0.2) is 24.0 Å². The maximum Gasteiger partial charge on any atom is 0.0424 e. The first-order valence-corrected chi connectivity index (χ1v) is 8.54. The third kappa shape index (κ3) is 5.44. The molecule has 0 saturated heterocycles. The van der Waals surface area contributed by atoms with Crippen LogP contribution < -0.4 is 5.73 Å². The lowest BCUT2D eigenvalue weighted by Gasteiger charge is -2.27. The molecule has 0 amide bonds. The van der Waals surface area contributed by atoms with E-state index in [1.807, 2.05) is 0 Å². The molecule has 1 fully saturated rings. The van der Waals surface area contributed by atoms with Crippen LogP contribution in [0.1, 0.15) is 57.7 Å². The Hall–Kier alpha value is -0.860. The molecule has 1 aliphatic carbocycles. The summed E-state index contributed by atoms with van der Waals surface area (Å²) in [5.74, 6) is 1.42. The Morgan fingerprint density at radius 3 is 2.10 bits per heavy atom. The van der Waals surface area contributed by atoms with E-state index in [2.05, 4.69) is 56.9 Å². The molecule has 1 saturated carbocycles. The molecule has 0 aromatic heterocycles. The molecule has 2 nitrogen and oxygen atoms in total. The fourth-order valence-corrected chi connectivity index (χ4v) is 3.01. The maximum atomic E-state index is 6.45. The highest BCUT2D eigenvalue weighted by Crippen LogP contribution is 2.29. The summed E-state index contributed by atoms with van der Waals surface area (Å²) in [6.07, 6.45) is 3.86. The fourth-order valence-electron chi connectivity index (χ4n) is 3.01. The molecule has 1 aromatic rings. The summed E-state index contributed by atoms with van der Waals surface area (Å²) in [5.41, 5.74) is 9.14. The first-order valence-electron chi connectivity index (χ1n) is 8.54. The summed E-state index contributed by atoms with van der Waals surface area (Å²) in [7, 11) is 0. The average Bonchev–Trinajstić information content (AvgIpc) is 3.21. The Bertz CT molecular complexity index is 418. The van der Waals surface area contributed by atoms with Gasteiger partial charge in [0.1, 0.15) is 0 Å². The van der Waals surface area contributed by atoms with E-state index in [0.29, 0.717) is 11.8 Å². The van der Waals surface area contributed by atoms with Gasteiger partial charge in [-0.1, -0.05) is 52.0 Å². The molecule has 0 bridgehead atoms. The lowest BCUT2D eigenvalue weighted by Crippen LogP contribution is -2.36. The molecule has 2 rings (SSSR count). The van der Waals surface area contributed by atoms with Gasteiger partial charge in [-0.05, 0) is 42.2 Å². The van der Waals surface area contributed by atoms with Crippen LogP contribution in [0.4, 0.5) is 0 Å². The van der Waals surface area contributed by atoms with Crippen molar-refractivity contribution in [2.45, 2.75) is 59.0 Å². The molecule has 1 unspecified atom stereocenters. The third-order valence-corrected chi connectivity index (χ3v) is 4.15. The second-order valence-electron chi connectivity index (χ2n) is 7.52. The van der Waals surface area contributed by atoms with Crippen LogP contribution in [0.15, 0.2) is 24.3 Å². The molecule has 2 N–H and O–H groups in total. The summed E-state index contributed by atoms with van der Waals surface area (Å²) < 4.78 is 0. The number of nitrogens with two attached hydrogens (primary N) is 1. The Labute approximate surface area is 130 Å². The molecule has 0 spiro atoms. The van der Waals surface area contributed by atoms with Gasteiger partial charge >= 0.3 is 0 Å². The molecule has 2 heteroatoms. The third-order valence-electron chi connectivity index (χ3n) is 4.15. The van der Waals surface area contributed by atoms with Gasteiger partial charge in [-0.3, -0.25) is 4.90 Å². The zero-order valence-electron chi connectivity index (χ0n) is 14.2. The minimum absolute atomic E-state index is 0.137. The smallest absolute Gasteiger partial charge is 0.0424 e. The van der Waals surface area contributed by atoms with Gasteiger partial charge in [0.25, 0.3) is 0 Å². The van der Waals surface area contributed by atoms with Crippen molar-refractivity contribution in [3.63, 3.8) is 0 Å². The van der Waals surface area contributed by atoms with Gasteiger partial charge in [0, 0.05) is 25.2 Å². The fraction of sp³-hybridized carbons (Fsp3) is 0.684. The van der Waals surface area contributed by atoms with Crippen molar-refractivity contribution >= 4 is 0 Å². The van der Waals surface area contributed by atoms with Crippen LogP contribution in [-0.2, 0) is 6.42 Å². The van der Waals surface area contributed by atoms with E-state index in [9.17, 15) is 0 Å². The van der Waals surface area contributed by atoms with E-state index in [-0.39, 0.29) is 6.04 Å². The second kappa shape index (κ2) is 7.42. The molecular weight excluding hydrogens is 256 g/mol. The molecule has 0 heterocycles. The van der Waals surface area contributed by atoms with Crippen molar-refractivity contribution in [2.24, 2.45) is 17.6 Å². The van der Waals surface area contributed by atoms with E-state index in [1.165, 1.54) is 30.5 Å². The summed E-state index contributed by atoms with van der Waals surface area (Å²) in [6, 6.07) is 9.88. The standard InChI is InChI=1S/C19H32N2/c1-14(2)11-16-5-7-17(8-6-16)19(20)13-21(12-15(3)4)18-9-10-18/h5-8,14-15,18-19H,9-13,20H2,1-4H3. The summed E-state index contributed by atoms with van der Waals surface area (Å²) >= 11 is 0. The number of rotatable bonds is 8. The highest BCUT2D eigenvalue weighted by molar-refractivity contribution is 5.25. The van der Waals surface area contributed by atoms with Gasteiger partial charge in [-0.15, -0.1) is 0 Å². The zero-order valence-corrected chi connectivity index (χ0v) is 14.2. The van der Waals surface area contributed by atoms with Crippen LogP contribution in [0.5, 0.6) is 0 Å². The molecule has 118 valence electrons. The predicted molar refractivity (Wildman–Crippen MR) is 91.3 cm³/mol. The summed E-state index contributed by atoms with van der Waals surface area (Å²) in [4.78, 5) is 2.59. The largest absolute Gasteiger partial charge is 0.323 e. The molecular formula is C19H32N2. The van der Waals surface area contributed by atoms with E-state index in [4.69, 9.17) is 5.73 Å². The predicted octanol–water partition coefficient (Wildman–Crippen LogP) is 4.01. The average molecular weight is 288 g/mol. The summed E-state index contributed by atoms with van der Waals surface area (Å²) in [6.45, 7) is 11.3. The Kier molecular flexibility index (Phi) is 5.83. The van der Waals surface area contributed by atoms with Gasteiger partial charge in [-0.2, -0.15) is 0 Å². The highest BCUT2D eigenvalue weighted by atomic mass is 15.2. The second-order valence-corrected chi connectivity index (χ2v) is 7.52. The monoisotopic (exact) mass is 288 g/mol. The van der Waals surface area contributed by atoms with Crippen LogP contribution in [0.2, 0.25) is 0 Å². The van der Waals surface area contributed by atoms with Gasteiger partial charge in [0.15, 0.2) is 0 Å². The quantitative estimate of drug-likeness (QED) is 0.783. The van der Waals surface area contributed by atoms with Crippen LogP contribution >= 0.6 is 0 Å². The lowest BCUT2D eigenvalue weighted by molar-refractivity contribution is 0.221. The molecule has 1 atom stereocenters. The Balaban J connectivity index is 1.93. The number of nitrogens with zero attached hydrogens (tertiary/aromatic N) is 1. The van der Waals surface area contributed by atoms with Gasteiger partial charge in [0.2, 0.25) is 0 Å². The first-order chi connectivity index (χ1) is 9.95. The number of benzene rings is 1. The first kappa shape index (κ1) is 16.5. The van der Waals surface area contributed by atoms with Crippen molar-refractivity contribution in [3.05, 3.63) is 35.4 Å². The lowest BCUT2D eigenvalue weighted by atomic mass is 9.99. The minimum Gasteiger partial charge on any atom is -0.323 e. The van der Waals surface area contributed by atoms with Crippen molar-refractivity contribution in [2.75, 3.05) is 13.1 Å². The van der Waals surface area contributed by atoms with Crippen LogP contribution in [0.25, 0.3) is 0 Å². The van der Waals surface area contributed by atoms with E-state index >= 15 is 0 Å². The van der Waals surface area contributed by atoms with Crippen molar-refractivity contribution < 1.29 is 0 Å². The Morgan fingerprint density at radius 2 is 1.62 bits per heavy atom. The molecule has 21 heavy (non-hydrogen) atoms. The van der Waals surface area contributed by atoms with Crippen LogP contribution in [0, 0.1) is 11.8 Å².